The molecule has 0 aromatic heterocycles. The van der Waals surface area contributed by atoms with Crippen molar-refractivity contribution in [1.82, 2.24) is 0 Å². The van der Waals surface area contributed by atoms with Gasteiger partial charge in [0.25, 0.3) is 0 Å². The van der Waals surface area contributed by atoms with Crippen molar-refractivity contribution < 1.29 is 4.74 Å². The summed E-state index contributed by atoms with van der Waals surface area (Å²) in [7, 11) is 0. The first kappa shape index (κ1) is 25.8. The van der Waals surface area contributed by atoms with Gasteiger partial charge in [0.05, 0.1) is 0 Å². The summed E-state index contributed by atoms with van der Waals surface area (Å²) in [5, 5.41) is 5.03. The molecule has 0 amide bonds. The SMILES string of the molecule is C1=CC(c2ccccc2)CC2=C1Oc1ccc(-c3c4ccccc4c(-c4ccccc4)c4ccccc34)cc1-c1ccccc12. The van der Waals surface area contributed by atoms with Crippen molar-refractivity contribution in [3.8, 4) is 39.1 Å². The van der Waals surface area contributed by atoms with Crippen molar-refractivity contribution in [2.24, 2.45) is 0 Å². The minimum Gasteiger partial charge on any atom is -0.456 e. The lowest BCUT2D eigenvalue weighted by molar-refractivity contribution is 0.445. The summed E-state index contributed by atoms with van der Waals surface area (Å²) in [6.07, 6.45) is 5.38. The molecule has 0 bridgehead atoms. The maximum absolute atomic E-state index is 6.76. The Morgan fingerprint density at radius 2 is 1.02 bits per heavy atom. The predicted molar refractivity (Wildman–Crippen MR) is 188 cm³/mol. The van der Waals surface area contributed by atoms with Gasteiger partial charge in [-0.25, -0.2) is 0 Å². The summed E-state index contributed by atoms with van der Waals surface area (Å²) >= 11 is 0. The lowest BCUT2D eigenvalue weighted by atomic mass is 9.82. The van der Waals surface area contributed by atoms with Crippen molar-refractivity contribution in [3.63, 3.8) is 0 Å². The molecule has 1 atom stereocenters. The van der Waals surface area contributed by atoms with Gasteiger partial charge in [0.1, 0.15) is 11.5 Å². The summed E-state index contributed by atoms with van der Waals surface area (Å²) in [6, 6.07) is 54.8. The first-order chi connectivity index (χ1) is 22.3. The van der Waals surface area contributed by atoms with E-state index in [0.717, 1.165) is 23.5 Å². The molecule has 1 heterocycles. The van der Waals surface area contributed by atoms with Crippen molar-refractivity contribution in [1.29, 1.82) is 0 Å². The molecule has 0 radical (unpaired) electrons. The van der Waals surface area contributed by atoms with Gasteiger partial charge in [-0.2, -0.15) is 0 Å². The van der Waals surface area contributed by atoms with Crippen LogP contribution in [0.15, 0.2) is 170 Å². The van der Waals surface area contributed by atoms with E-state index in [4.69, 9.17) is 4.74 Å². The van der Waals surface area contributed by atoms with Gasteiger partial charge in [0.2, 0.25) is 0 Å². The number of hydrogen-bond acceptors (Lipinski definition) is 1. The van der Waals surface area contributed by atoms with Gasteiger partial charge in [0, 0.05) is 17.1 Å². The van der Waals surface area contributed by atoms with E-state index in [1.807, 2.05) is 0 Å². The zero-order valence-electron chi connectivity index (χ0n) is 24.8. The molecule has 7 aromatic carbocycles. The van der Waals surface area contributed by atoms with Crippen LogP contribution in [0.25, 0.3) is 60.5 Å². The molecule has 7 aromatic rings. The second kappa shape index (κ2) is 10.5. The van der Waals surface area contributed by atoms with Crippen LogP contribution in [0.1, 0.15) is 23.5 Å². The third-order valence-electron chi connectivity index (χ3n) is 9.45. The maximum atomic E-state index is 6.76. The van der Waals surface area contributed by atoms with E-state index >= 15 is 0 Å². The Morgan fingerprint density at radius 3 is 1.69 bits per heavy atom. The van der Waals surface area contributed by atoms with E-state index < -0.39 is 0 Å². The van der Waals surface area contributed by atoms with Crippen molar-refractivity contribution >= 4 is 27.1 Å². The van der Waals surface area contributed by atoms with Gasteiger partial charge in [-0.15, -0.1) is 0 Å². The van der Waals surface area contributed by atoms with E-state index in [2.05, 4.69) is 164 Å². The summed E-state index contributed by atoms with van der Waals surface area (Å²) in [6.45, 7) is 0. The standard InChI is InChI=1S/C44H30O/c1-3-13-29(14-4-1)31-23-25-41-39(27-31)33-17-7-8-18-34(33)40-28-32(24-26-42(40)45-41)44-37-21-11-9-19-35(37)43(30-15-5-2-6-16-30)36-20-10-12-22-38(36)44/h1-26,28,31H,27H2. The molecule has 0 saturated carbocycles. The minimum atomic E-state index is 0.319. The van der Waals surface area contributed by atoms with Gasteiger partial charge >= 0.3 is 0 Å². The van der Waals surface area contributed by atoms with Gasteiger partial charge < -0.3 is 4.74 Å². The predicted octanol–water partition coefficient (Wildman–Crippen LogP) is 11.8. The lowest BCUT2D eigenvalue weighted by Gasteiger charge is -2.22. The monoisotopic (exact) mass is 574 g/mol. The zero-order valence-corrected chi connectivity index (χ0v) is 24.8. The van der Waals surface area contributed by atoms with Crippen molar-refractivity contribution in [2.75, 3.05) is 0 Å². The molecule has 0 fully saturated rings. The number of benzene rings is 7. The Kier molecular flexibility index (Phi) is 6.02. The number of hydrogen-bond donors (Lipinski definition) is 0. The van der Waals surface area contributed by atoms with Crippen LogP contribution in [-0.4, -0.2) is 0 Å². The minimum absolute atomic E-state index is 0.319. The molecule has 1 nitrogen and oxygen atoms in total. The summed E-state index contributed by atoms with van der Waals surface area (Å²) in [5.74, 6) is 2.16. The first-order valence-corrected chi connectivity index (χ1v) is 15.7. The Bertz CT molecular complexity index is 2250. The van der Waals surface area contributed by atoms with E-state index in [0.29, 0.717) is 5.92 Å². The Labute approximate surface area is 263 Å². The van der Waals surface area contributed by atoms with Gasteiger partial charge in [-0.3, -0.25) is 0 Å². The second-order valence-electron chi connectivity index (χ2n) is 12.0. The fraction of sp³-hybridized carbons (Fsp3) is 0.0455. The zero-order chi connectivity index (χ0) is 29.7. The fourth-order valence-electron chi connectivity index (χ4n) is 7.40. The third-order valence-corrected chi connectivity index (χ3v) is 9.45. The molecule has 1 unspecified atom stereocenters. The Balaban J connectivity index is 1.24. The molecule has 1 aliphatic heterocycles. The smallest absolute Gasteiger partial charge is 0.135 e. The number of fused-ring (bicyclic) bond motifs is 6. The van der Waals surface area contributed by atoms with E-state index in [1.165, 1.54) is 66.1 Å². The van der Waals surface area contributed by atoms with Crippen LogP contribution in [0.4, 0.5) is 0 Å². The molecule has 0 spiro atoms. The van der Waals surface area contributed by atoms with Crippen LogP contribution in [0.3, 0.4) is 0 Å². The highest BCUT2D eigenvalue weighted by molar-refractivity contribution is 6.21. The topological polar surface area (TPSA) is 9.23 Å². The highest BCUT2D eigenvalue weighted by atomic mass is 16.5. The van der Waals surface area contributed by atoms with Crippen LogP contribution in [-0.2, 0) is 0 Å². The highest BCUT2D eigenvalue weighted by Gasteiger charge is 2.27. The number of allylic oxidation sites excluding steroid dienone is 3. The molecule has 9 rings (SSSR count). The third kappa shape index (κ3) is 4.24. The normalized spacial score (nSPS) is 15.2. The molecular formula is C44H30O. The van der Waals surface area contributed by atoms with Crippen LogP contribution in [0, 0.1) is 0 Å². The summed E-state index contributed by atoms with van der Waals surface area (Å²) in [4.78, 5) is 0. The molecule has 45 heavy (non-hydrogen) atoms. The first-order valence-electron chi connectivity index (χ1n) is 15.7. The van der Waals surface area contributed by atoms with Crippen LogP contribution in [0.2, 0.25) is 0 Å². The van der Waals surface area contributed by atoms with Crippen LogP contribution < -0.4 is 4.74 Å². The van der Waals surface area contributed by atoms with Crippen molar-refractivity contribution in [2.45, 2.75) is 12.3 Å². The molecule has 0 saturated heterocycles. The van der Waals surface area contributed by atoms with Crippen LogP contribution in [0.5, 0.6) is 5.75 Å². The average Bonchev–Trinajstić information content (AvgIpc) is 3.25. The molecule has 212 valence electrons. The molecular weight excluding hydrogens is 544 g/mol. The van der Waals surface area contributed by atoms with Gasteiger partial charge in [-0.05, 0) is 85.1 Å². The maximum Gasteiger partial charge on any atom is 0.135 e. The average molecular weight is 575 g/mol. The number of rotatable bonds is 3. The highest BCUT2D eigenvalue weighted by Crippen LogP contribution is 2.49. The molecule has 0 N–H and O–H groups in total. The van der Waals surface area contributed by atoms with E-state index in [9.17, 15) is 0 Å². The van der Waals surface area contributed by atoms with Gasteiger partial charge in [0.15, 0.2) is 0 Å². The Morgan fingerprint density at radius 1 is 0.467 bits per heavy atom. The second-order valence-corrected chi connectivity index (χ2v) is 12.0. The summed E-state index contributed by atoms with van der Waals surface area (Å²) < 4.78 is 6.76. The molecule has 2 aliphatic rings. The quantitative estimate of drug-likeness (QED) is 0.191. The van der Waals surface area contributed by atoms with E-state index in [-0.39, 0.29) is 0 Å². The largest absolute Gasteiger partial charge is 0.456 e. The van der Waals surface area contributed by atoms with Gasteiger partial charge in [-0.1, -0.05) is 146 Å². The van der Waals surface area contributed by atoms with E-state index in [1.54, 1.807) is 0 Å². The molecule has 1 heteroatoms. The fourth-order valence-corrected chi connectivity index (χ4v) is 7.40. The van der Waals surface area contributed by atoms with Crippen LogP contribution >= 0.6 is 0 Å². The van der Waals surface area contributed by atoms with Crippen molar-refractivity contribution in [3.05, 3.63) is 181 Å². The number of ether oxygens (including phenoxy) is 1. The molecule has 1 aliphatic carbocycles. The summed E-state index contributed by atoms with van der Waals surface area (Å²) in [5.41, 5.74) is 11.2. The lowest BCUT2D eigenvalue weighted by Crippen LogP contribution is -2.07. The Hall–Kier alpha value is -5.66.